The van der Waals surface area contributed by atoms with E-state index in [-0.39, 0.29) is 0 Å². The lowest BCUT2D eigenvalue weighted by Crippen LogP contribution is -2.52. The van der Waals surface area contributed by atoms with Gasteiger partial charge in [-0.1, -0.05) is 32.4 Å². The Morgan fingerprint density at radius 2 is 1.95 bits per heavy atom. The van der Waals surface area contributed by atoms with Gasteiger partial charge in [-0.25, -0.2) is 0 Å². The molecule has 0 saturated carbocycles. The van der Waals surface area contributed by atoms with E-state index < -0.39 is 0 Å². The highest BCUT2D eigenvalue weighted by atomic mass is 16.5. The lowest BCUT2D eigenvalue weighted by Gasteiger charge is -2.42. The highest BCUT2D eigenvalue weighted by Gasteiger charge is 2.34. The fourth-order valence-electron chi connectivity index (χ4n) is 3.15. The zero-order valence-electron chi connectivity index (χ0n) is 12.5. The molecule has 1 heterocycles. The number of aryl methyl sites for hydroxylation is 1. The van der Waals surface area contributed by atoms with Crippen molar-refractivity contribution in [1.82, 2.24) is 5.32 Å². The maximum Gasteiger partial charge on any atom is 0.118 e. The van der Waals surface area contributed by atoms with E-state index in [2.05, 4.69) is 43.4 Å². The van der Waals surface area contributed by atoms with Crippen LogP contribution in [-0.2, 0) is 6.42 Å². The van der Waals surface area contributed by atoms with Crippen molar-refractivity contribution in [3.8, 4) is 5.75 Å². The molecule has 106 valence electrons. The largest absolute Gasteiger partial charge is 0.497 e. The number of rotatable bonds is 5. The summed E-state index contributed by atoms with van der Waals surface area (Å²) in [6.45, 7) is 5.89. The first-order valence-corrected chi connectivity index (χ1v) is 7.54. The van der Waals surface area contributed by atoms with Gasteiger partial charge in [0.15, 0.2) is 0 Å². The molecule has 0 radical (unpaired) electrons. The van der Waals surface area contributed by atoms with Gasteiger partial charge in [0, 0.05) is 5.54 Å². The summed E-state index contributed by atoms with van der Waals surface area (Å²) in [7, 11) is 1.72. The van der Waals surface area contributed by atoms with E-state index in [1.54, 1.807) is 7.11 Å². The number of benzene rings is 1. The van der Waals surface area contributed by atoms with Gasteiger partial charge in [-0.05, 0) is 55.8 Å². The van der Waals surface area contributed by atoms with Gasteiger partial charge in [0.05, 0.1) is 7.11 Å². The van der Waals surface area contributed by atoms with E-state index in [1.807, 2.05) is 0 Å². The molecule has 1 unspecified atom stereocenters. The number of piperidine rings is 1. The third kappa shape index (κ3) is 3.50. The summed E-state index contributed by atoms with van der Waals surface area (Å²) < 4.78 is 5.21. The van der Waals surface area contributed by atoms with Crippen molar-refractivity contribution >= 4 is 0 Å². The summed E-state index contributed by atoms with van der Waals surface area (Å²) in [4.78, 5) is 0. The molecule has 1 atom stereocenters. The van der Waals surface area contributed by atoms with Crippen LogP contribution in [0.5, 0.6) is 5.75 Å². The van der Waals surface area contributed by atoms with Crippen LogP contribution in [0.1, 0.15) is 45.1 Å². The third-order valence-corrected chi connectivity index (χ3v) is 4.65. The Bertz CT molecular complexity index is 377. The summed E-state index contributed by atoms with van der Waals surface area (Å²) in [6, 6.07) is 8.50. The molecule has 19 heavy (non-hydrogen) atoms. The molecule has 1 saturated heterocycles. The Morgan fingerprint density at radius 3 is 2.47 bits per heavy atom. The molecular weight excluding hydrogens is 234 g/mol. The van der Waals surface area contributed by atoms with Gasteiger partial charge in [-0.3, -0.25) is 0 Å². The van der Waals surface area contributed by atoms with Crippen LogP contribution in [0.2, 0.25) is 0 Å². The second kappa shape index (κ2) is 6.42. The SMILES string of the molecule is COc1ccc(CCC2(C(C)C)CCCCN2)cc1. The van der Waals surface area contributed by atoms with Crippen LogP contribution < -0.4 is 10.1 Å². The standard InChI is InChI=1S/C17H27NO/c1-14(2)17(11-4-5-13-18-17)12-10-15-6-8-16(19-3)9-7-15/h6-9,14,18H,4-5,10-13H2,1-3H3. The first-order valence-electron chi connectivity index (χ1n) is 7.54. The van der Waals surface area contributed by atoms with Crippen LogP contribution in [0.4, 0.5) is 0 Å². The van der Waals surface area contributed by atoms with Crippen LogP contribution >= 0.6 is 0 Å². The van der Waals surface area contributed by atoms with Crippen molar-refractivity contribution in [1.29, 1.82) is 0 Å². The second-order valence-electron chi connectivity index (χ2n) is 6.04. The third-order valence-electron chi connectivity index (χ3n) is 4.65. The van der Waals surface area contributed by atoms with E-state index >= 15 is 0 Å². The molecule has 0 bridgehead atoms. The zero-order chi connectivity index (χ0) is 13.7. The molecule has 1 fully saturated rings. The highest BCUT2D eigenvalue weighted by Crippen LogP contribution is 2.31. The van der Waals surface area contributed by atoms with Crippen molar-refractivity contribution in [2.75, 3.05) is 13.7 Å². The summed E-state index contributed by atoms with van der Waals surface area (Å²) >= 11 is 0. The molecule has 2 nitrogen and oxygen atoms in total. The van der Waals surface area contributed by atoms with Crippen LogP contribution in [-0.4, -0.2) is 19.2 Å². The van der Waals surface area contributed by atoms with Crippen LogP contribution in [0.25, 0.3) is 0 Å². The van der Waals surface area contributed by atoms with E-state index in [9.17, 15) is 0 Å². The molecule has 1 aromatic rings. The first kappa shape index (κ1) is 14.4. The number of ether oxygens (including phenoxy) is 1. The summed E-state index contributed by atoms with van der Waals surface area (Å²) in [5.41, 5.74) is 1.76. The Balaban J connectivity index is 1.98. The molecule has 1 aliphatic heterocycles. The predicted molar refractivity (Wildman–Crippen MR) is 80.7 cm³/mol. The minimum atomic E-state index is 0.345. The van der Waals surface area contributed by atoms with E-state index in [4.69, 9.17) is 4.74 Å². The molecule has 0 amide bonds. The predicted octanol–water partition coefficient (Wildman–Crippen LogP) is 3.80. The van der Waals surface area contributed by atoms with Gasteiger partial charge >= 0.3 is 0 Å². The summed E-state index contributed by atoms with van der Waals surface area (Å²) in [5.74, 6) is 1.64. The van der Waals surface area contributed by atoms with Crippen molar-refractivity contribution in [2.24, 2.45) is 5.92 Å². The fourth-order valence-corrected chi connectivity index (χ4v) is 3.15. The lowest BCUT2D eigenvalue weighted by atomic mass is 9.75. The minimum Gasteiger partial charge on any atom is -0.497 e. The molecular formula is C17H27NO. The van der Waals surface area contributed by atoms with Crippen molar-refractivity contribution < 1.29 is 4.74 Å². The van der Waals surface area contributed by atoms with Gasteiger partial charge in [0.25, 0.3) is 0 Å². The smallest absolute Gasteiger partial charge is 0.118 e. The maximum atomic E-state index is 5.21. The van der Waals surface area contributed by atoms with Gasteiger partial charge in [0.2, 0.25) is 0 Å². The molecule has 0 aliphatic carbocycles. The Hall–Kier alpha value is -1.02. The van der Waals surface area contributed by atoms with Gasteiger partial charge in [0.1, 0.15) is 5.75 Å². The summed E-state index contributed by atoms with van der Waals surface area (Å²) in [6.07, 6.45) is 6.40. The number of nitrogens with one attached hydrogen (secondary N) is 1. The van der Waals surface area contributed by atoms with E-state index in [0.717, 1.165) is 12.2 Å². The van der Waals surface area contributed by atoms with Crippen LogP contribution in [0.15, 0.2) is 24.3 Å². The average Bonchev–Trinajstić information content (AvgIpc) is 2.46. The molecule has 0 aromatic heterocycles. The zero-order valence-corrected chi connectivity index (χ0v) is 12.5. The number of methoxy groups -OCH3 is 1. The first-order chi connectivity index (χ1) is 9.16. The average molecular weight is 261 g/mol. The lowest BCUT2D eigenvalue weighted by molar-refractivity contribution is 0.170. The second-order valence-corrected chi connectivity index (χ2v) is 6.04. The van der Waals surface area contributed by atoms with E-state index in [0.29, 0.717) is 11.5 Å². The van der Waals surface area contributed by atoms with Gasteiger partial charge in [-0.15, -0.1) is 0 Å². The summed E-state index contributed by atoms with van der Waals surface area (Å²) in [5, 5.41) is 3.80. The highest BCUT2D eigenvalue weighted by molar-refractivity contribution is 5.27. The molecule has 2 rings (SSSR count). The fraction of sp³-hybridized carbons (Fsp3) is 0.647. The topological polar surface area (TPSA) is 21.3 Å². The Morgan fingerprint density at radius 1 is 1.21 bits per heavy atom. The quantitative estimate of drug-likeness (QED) is 0.870. The Kier molecular flexibility index (Phi) is 4.87. The van der Waals surface area contributed by atoms with Crippen molar-refractivity contribution in [3.63, 3.8) is 0 Å². The van der Waals surface area contributed by atoms with Gasteiger partial charge in [-0.2, -0.15) is 0 Å². The monoisotopic (exact) mass is 261 g/mol. The molecule has 2 heteroatoms. The van der Waals surface area contributed by atoms with Crippen molar-refractivity contribution in [3.05, 3.63) is 29.8 Å². The van der Waals surface area contributed by atoms with Crippen LogP contribution in [0, 0.1) is 5.92 Å². The van der Waals surface area contributed by atoms with Crippen LogP contribution in [0.3, 0.4) is 0 Å². The maximum absolute atomic E-state index is 5.21. The van der Waals surface area contributed by atoms with Gasteiger partial charge < -0.3 is 10.1 Å². The molecule has 1 N–H and O–H groups in total. The number of hydrogen-bond donors (Lipinski definition) is 1. The molecule has 1 aromatic carbocycles. The number of hydrogen-bond acceptors (Lipinski definition) is 2. The molecule has 0 spiro atoms. The minimum absolute atomic E-state index is 0.345. The normalized spacial score (nSPS) is 23.6. The molecule has 1 aliphatic rings. The Labute approximate surface area is 117 Å². The van der Waals surface area contributed by atoms with Crippen molar-refractivity contribution in [2.45, 2.75) is 51.5 Å². The van der Waals surface area contributed by atoms with E-state index in [1.165, 1.54) is 37.8 Å².